The fourth-order valence-corrected chi connectivity index (χ4v) is 2.76. The van der Waals surface area contributed by atoms with E-state index in [1.807, 2.05) is 25.2 Å². The lowest BCUT2D eigenvalue weighted by molar-refractivity contribution is -0.119. The van der Waals surface area contributed by atoms with E-state index < -0.39 is 0 Å². The van der Waals surface area contributed by atoms with Gasteiger partial charge in [-0.1, -0.05) is 55.4 Å². The number of aromatic nitrogens is 3. The Kier molecular flexibility index (Phi) is 5.80. The molecule has 1 atom stereocenters. The minimum Gasteiger partial charge on any atom is -0.349 e. The molecule has 1 unspecified atom stereocenters. The summed E-state index contributed by atoms with van der Waals surface area (Å²) in [7, 11) is 1.87. The normalized spacial score (nSPS) is 12.1. The van der Waals surface area contributed by atoms with E-state index in [0.29, 0.717) is 5.75 Å². The number of aryl methyl sites for hydroxylation is 1. The third-order valence-corrected chi connectivity index (χ3v) is 4.15. The first-order valence-electron chi connectivity index (χ1n) is 7.01. The highest BCUT2D eigenvalue weighted by molar-refractivity contribution is 7.99. The smallest absolute Gasteiger partial charge is 0.230 e. The van der Waals surface area contributed by atoms with Gasteiger partial charge in [0.2, 0.25) is 5.91 Å². The molecule has 1 N–H and O–H groups in total. The lowest BCUT2D eigenvalue weighted by atomic mass is 10.0. The summed E-state index contributed by atoms with van der Waals surface area (Å²) in [5.74, 6) is 0.366. The van der Waals surface area contributed by atoms with Gasteiger partial charge in [0.05, 0.1) is 11.8 Å². The molecule has 0 spiro atoms. The highest BCUT2D eigenvalue weighted by atomic mass is 32.2. The van der Waals surface area contributed by atoms with Crippen LogP contribution < -0.4 is 5.32 Å². The van der Waals surface area contributed by atoms with Crippen LogP contribution in [0.4, 0.5) is 0 Å². The molecule has 1 aromatic carbocycles. The van der Waals surface area contributed by atoms with E-state index in [4.69, 9.17) is 0 Å². The molecule has 0 radical (unpaired) electrons. The maximum absolute atomic E-state index is 12.1. The van der Waals surface area contributed by atoms with Gasteiger partial charge in [0.25, 0.3) is 0 Å². The molecule has 2 rings (SSSR count). The maximum Gasteiger partial charge on any atom is 0.230 e. The summed E-state index contributed by atoms with van der Waals surface area (Å²) in [5.41, 5.74) is 1.15. The minimum atomic E-state index is 0.0188. The molecular weight excluding hydrogens is 284 g/mol. The lowest BCUT2D eigenvalue weighted by Gasteiger charge is -2.18. The van der Waals surface area contributed by atoms with Crippen molar-refractivity contribution in [1.82, 2.24) is 20.1 Å². The van der Waals surface area contributed by atoms with Crippen molar-refractivity contribution in [2.75, 3.05) is 5.75 Å². The zero-order valence-electron chi connectivity index (χ0n) is 12.3. The van der Waals surface area contributed by atoms with Gasteiger partial charge >= 0.3 is 0 Å². The zero-order chi connectivity index (χ0) is 15.1. The molecule has 2 aromatic rings. The van der Waals surface area contributed by atoms with Crippen LogP contribution in [0.2, 0.25) is 0 Å². The van der Waals surface area contributed by atoms with Gasteiger partial charge in [-0.25, -0.2) is 0 Å². The average Bonchev–Trinajstić information content (AvgIpc) is 2.91. The number of carbonyl (C=O) groups is 1. The molecule has 0 bridgehead atoms. The second-order valence-electron chi connectivity index (χ2n) is 4.83. The van der Waals surface area contributed by atoms with E-state index in [-0.39, 0.29) is 11.9 Å². The number of carbonyl (C=O) groups excluding carboxylic acids is 1. The summed E-state index contributed by atoms with van der Waals surface area (Å²) < 4.78 is 1.80. The molecule has 21 heavy (non-hydrogen) atoms. The molecule has 0 aliphatic rings. The largest absolute Gasteiger partial charge is 0.349 e. The van der Waals surface area contributed by atoms with Gasteiger partial charge in [0.1, 0.15) is 6.33 Å². The van der Waals surface area contributed by atoms with E-state index >= 15 is 0 Å². The molecule has 0 fully saturated rings. The number of benzene rings is 1. The van der Waals surface area contributed by atoms with Crippen LogP contribution in [0.5, 0.6) is 0 Å². The van der Waals surface area contributed by atoms with Gasteiger partial charge in [-0.2, -0.15) is 0 Å². The molecule has 0 aliphatic heterocycles. The predicted octanol–water partition coefficient (Wildman–Crippen LogP) is 2.56. The summed E-state index contributed by atoms with van der Waals surface area (Å²) in [5, 5.41) is 11.6. The van der Waals surface area contributed by atoms with Crippen molar-refractivity contribution in [3.8, 4) is 0 Å². The zero-order valence-corrected chi connectivity index (χ0v) is 13.1. The summed E-state index contributed by atoms with van der Waals surface area (Å²) in [6.45, 7) is 2.12. The topological polar surface area (TPSA) is 59.8 Å². The van der Waals surface area contributed by atoms with Gasteiger partial charge in [0, 0.05) is 7.05 Å². The number of thioether (sulfide) groups is 1. The minimum absolute atomic E-state index is 0.0188. The molecule has 0 saturated carbocycles. The first kappa shape index (κ1) is 15.6. The van der Waals surface area contributed by atoms with Crippen LogP contribution in [0.1, 0.15) is 31.4 Å². The van der Waals surface area contributed by atoms with Crippen LogP contribution in [-0.2, 0) is 11.8 Å². The van der Waals surface area contributed by atoms with Crippen molar-refractivity contribution in [2.45, 2.75) is 31.0 Å². The summed E-state index contributed by atoms with van der Waals surface area (Å²) >= 11 is 1.39. The highest BCUT2D eigenvalue weighted by Crippen LogP contribution is 2.19. The fourth-order valence-electron chi connectivity index (χ4n) is 2.07. The third kappa shape index (κ3) is 4.60. The van der Waals surface area contributed by atoms with Gasteiger partial charge in [0.15, 0.2) is 5.16 Å². The number of nitrogens with one attached hydrogen (secondary N) is 1. The quantitative estimate of drug-likeness (QED) is 0.799. The fraction of sp³-hybridized carbons (Fsp3) is 0.400. The Bertz CT molecular complexity index is 570. The second kappa shape index (κ2) is 7.83. The molecule has 0 aliphatic carbocycles. The highest BCUT2D eigenvalue weighted by Gasteiger charge is 2.14. The Morgan fingerprint density at radius 2 is 2.14 bits per heavy atom. The van der Waals surface area contributed by atoms with Crippen LogP contribution in [0.15, 0.2) is 41.8 Å². The van der Waals surface area contributed by atoms with Crippen molar-refractivity contribution in [3.63, 3.8) is 0 Å². The Hall–Kier alpha value is -1.82. The van der Waals surface area contributed by atoms with Crippen LogP contribution >= 0.6 is 11.8 Å². The van der Waals surface area contributed by atoms with Crippen LogP contribution in [-0.4, -0.2) is 26.4 Å². The molecule has 1 aromatic heterocycles. The monoisotopic (exact) mass is 304 g/mol. The number of hydrogen-bond acceptors (Lipinski definition) is 4. The first-order chi connectivity index (χ1) is 10.2. The van der Waals surface area contributed by atoms with Gasteiger partial charge in [-0.05, 0) is 12.0 Å². The Morgan fingerprint density at radius 1 is 1.38 bits per heavy atom. The number of amides is 1. The summed E-state index contributed by atoms with van der Waals surface area (Å²) in [6.07, 6.45) is 3.59. The number of hydrogen-bond donors (Lipinski definition) is 1. The molecule has 1 amide bonds. The van der Waals surface area contributed by atoms with E-state index in [2.05, 4.69) is 34.6 Å². The third-order valence-electron chi connectivity index (χ3n) is 3.12. The van der Waals surface area contributed by atoms with E-state index in [1.165, 1.54) is 11.8 Å². The van der Waals surface area contributed by atoms with Crippen LogP contribution in [0, 0.1) is 0 Å². The van der Waals surface area contributed by atoms with Gasteiger partial charge in [-0.3, -0.25) is 4.79 Å². The van der Waals surface area contributed by atoms with E-state index in [0.717, 1.165) is 23.6 Å². The maximum atomic E-state index is 12.1. The van der Waals surface area contributed by atoms with Gasteiger partial charge < -0.3 is 9.88 Å². The first-order valence-corrected chi connectivity index (χ1v) is 8.00. The Balaban J connectivity index is 1.91. The van der Waals surface area contributed by atoms with Crippen molar-refractivity contribution >= 4 is 17.7 Å². The van der Waals surface area contributed by atoms with Crippen molar-refractivity contribution < 1.29 is 4.79 Å². The van der Waals surface area contributed by atoms with E-state index in [9.17, 15) is 4.79 Å². The van der Waals surface area contributed by atoms with E-state index in [1.54, 1.807) is 10.9 Å². The van der Waals surface area contributed by atoms with Gasteiger partial charge in [-0.15, -0.1) is 10.2 Å². The van der Waals surface area contributed by atoms with Crippen LogP contribution in [0.25, 0.3) is 0 Å². The number of nitrogens with zero attached hydrogens (tertiary/aromatic N) is 3. The molecule has 1 heterocycles. The summed E-state index contributed by atoms with van der Waals surface area (Å²) in [6, 6.07) is 10.2. The summed E-state index contributed by atoms with van der Waals surface area (Å²) in [4.78, 5) is 12.1. The Morgan fingerprint density at radius 3 is 2.76 bits per heavy atom. The SMILES string of the molecule is CCCC(NC(=O)CSc1nncn1C)c1ccccc1. The standard InChI is InChI=1S/C15H20N4OS/c1-3-7-13(12-8-5-4-6-9-12)17-14(20)10-21-15-18-16-11-19(15)2/h4-6,8-9,11,13H,3,7,10H2,1-2H3,(H,17,20). The number of rotatable bonds is 7. The van der Waals surface area contributed by atoms with Crippen LogP contribution in [0.3, 0.4) is 0 Å². The van der Waals surface area contributed by atoms with Crippen molar-refractivity contribution in [2.24, 2.45) is 7.05 Å². The average molecular weight is 304 g/mol. The van der Waals surface area contributed by atoms with Crippen molar-refractivity contribution in [3.05, 3.63) is 42.2 Å². The Labute approximate surface area is 129 Å². The lowest BCUT2D eigenvalue weighted by Crippen LogP contribution is -2.30. The van der Waals surface area contributed by atoms with Crippen molar-refractivity contribution in [1.29, 1.82) is 0 Å². The molecule has 112 valence electrons. The molecule has 0 saturated heterocycles. The molecule has 5 nitrogen and oxygen atoms in total. The molecular formula is C15H20N4OS. The predicted molar refractivity (Wildman–Crippen MR) is 84.0 cm³/mol. The molecule has 6 heteroatoms. The second-order valence-corrected chi connectivity index (χ2v) is 5.78.